The summed E-state index contributed by atoms with van der Waals surface area (Å²) in [7, 11) is 0. The van der Waals surface area contributed by atoms with Crippen LogP contribution in [0.4, 0.5) is 5.82 Å². The van der Waals surface area contributed by atoms with Crippen LogP contribution in [0.1, 0.15) is 48.0 Å². The predicted octanol–water partition coefficient (Wildman–Crippen LogP) is 2.27. The van der Waals surface area contributed by atoms with Crippen LogP contribution in [0.3, 0.4) is 0 Å². The monoisotopic (exact) mass is 392 g/mol. The van der Waals surface area contributed by atoms with E-state index in [1.54, 1.807) is 29.0 Å². The number of nitrogens with zero attached hydrogens (tertiary/aromatic N) is 3. The number of amides is 1. The smallest absolute Gasteiger partial charge is 0.278 e. The van der Waals surface area contributed by atoms with Gasteiger partial charge in [-0.15, -0.1) is 0 Å². The summed E-state index contributed by atoms with van der Waals surface area (Å²) < 4.78 is 3.19. The molecule has 1 fully saturated rings. The number of hydrogen-bond acceptors (Lipinski definition) is 4. The van der Waals surface area contributed by atoms with Crippen LogP contribution in [-0.2, 0) is 6.54 Å². The molecule has 0 radical (unpaired) electrons. The number of allylic oxidation sites excluding steroid dienone is 1. The van der Waals surface area contributed by atoms with Gasteiger partial charge in [0, 0.05) is 12.2 Å². The molecule has 1 aliphatic carbocycles. The summed E-state index contributed by atoms with van der Waals surface area (Å²) >= 11 is 0. The summed E-state index contributed by atoms with van der Waals surface area (Å²) in [5.41, 5.74) is 8.37. The van der Waals surface area contributed by atoms with Gasteiger partial charge < -0.3 is 11.1 Å². The first-order valence-electron chi connectivity index (χ1n) is 10.1. The third kappa shape index (κ3) is 3.48. The molecule has 29 heavy (non-hydrogen) atoms. The van der Waals surface area contributed by atoms with Gasteiger partial charge in [-0.1, -0.05) is 43.0 Å². The van der Waals surface area contributed by atoms with E-state index >= 15 is 0 Å². The average molecular weight is 392 g/mol. The number of carbonyl (C=O) groups is 1. The Balaban J connectivity index is 1.90. The molecule has 0 atom stereocenters. The molecule has 3 aromatic heterocycles. The maximum absolute atomic E-state index is 13.2. The van der Waals surface area contributed by atoms with Crippen molar-refractivity contribution in [3.8, 4) is 0 Å². The van der Waals surface area contributed by atoms with Crippen molar-refractivity contribution in [1.29, 1.82) is 0 Å². The molecule has 7 nitrogen and oxygen atoms in total. The van der Waals surface area contributed by atoms with Crippen LogP contribution in [0.5, 0.6) is 0 Å². The van der Waals surface area contributed by atoms with Crippen molar-refractivity contribution in [1.82, 2.24) is 14.7 Å². The number of aryl methyl sites for hydroxylation is 1. The summed E-state index contributed by atoms with van der Waals surface area (Å²) in [5, 5.41) is 3.45. The number of nitrogens with one attached hydrogen (secondary N) is 1. The molecule has 1 amide bonds. The molecule has 1 aliphatic rings. The van der Waals surface area contributed by atoms with Crippen LogP contribution in [0.15, 0.2) is 41.8 Å². The minimum atomic E-state index is -0.247. The lowest BCUT2D eigenvalue weighted by Crippen LogP contribution is -2.43. The number of anilines is 1. The van der Waals surface area contributed by atoms with E-state index < -0.39 is 0 Å². The average Bonchev–Trinajstić information content (AvgIpc) is 2.71. The number of fused-ring (bicyclic) bond motifs is 2. The zero-order valence-corrected chi connectivity index (χ0v) is 16.6. The van der Waals surface area contributed by atoms with E-state index in [-0.39, 0.29) is 23.3 Å². The molecule has 4 rings (SSSR count). The number of nitrogens with two attached hydrogens (primary N) is 1. The van der Waals surface area contributed by atoms with E-state index in [9.17, 15) is 9.59 Å². The van der Waals surface area contributed by atoms with Crippen molar-refractivity contribution in [2.75, 3.05) is 5.73 Å². The van der Waals surface area contributed by atoms with Gasteiger partial charge in [0.05, 0.1) is 6.54 Å². The number of hydrogen-bond donors (Lipinski definition) is 2. The van der Waals surface area contributed by atoms with E-state index in [1.807, 2.05) is 13.0 Å². The van der Waals surface area contributed by atoms with Crippen LogP contribution in [0.25, 0.3) is 16.7 Å². The fraction of sp³-hybridized carbons (Fsp3) is 0.364. The second-order valence-corrected chi connectivity index (χ2v) is 7.74. The summed E-state index contributed by atoms with van der Waals surface area (Å²) in [4.78, 5) is 30.8. The highest BCUT2D eigenvalue weighted by atomic mass is 16.2. The first-order valence-corrected chi connectivity index (χ1v) is 10.1. The van der Waals surface area contributed by atoms with Crippen molar-refractivity contribution >= 4 is 28.4 Å². The third-order valence-electron chi connectivity index (χ3n) is 5.59. The fourth-order valence-electron chi connectivity index (χ4n) is 4.06. The lowest BCUT2D eigenvalue weighted by atomic mass is 9.95. The Morgan fingerprint density at radius 2 is 2.14 bits per heavy atom. The minimum Gasteiger partial charge on any atom is -0.349 e. The standard InChI is InChI=1S/C22H25N5O2/c1-3-11-26-19(23)16(21(28)24-15-7-5-4-6-8-15)12-17-20(26)25-18-10-9-14(2)13-27(18)22(17)29/h3,9-10,12-13,15,23H,1,4-8,11H2,2H3,(H,24,28)/p+1. The van der Waals surface area contributed by atoms with Gasteiger partial charge >= 0.3 is 0 Å². The summed E-state index contributed by atoms with van der Waals surface area (Å²) in [6.45, 7) is 6.05. The van der Waals surface area contributed by atoms with Crippen LogP contribution >= 0.6 is 0 Å². The molecule has 3 heterocycles. The summed E-state index contributed by atoms with van der Waals surface area (Å²) in [6.07, 6.45) is 8.81. The van der Waals surface area contributed by atoms with Gasteiger partial charge in [-0.2, -0.15) is 0 Å². The highest BCUT2D eigenvalue weighted by molar-refractivity contribution is 6.00. The number of nitrogen functional groups attached to an aromatic ring is 1. The Bertz CT molecular complexity index is 1180. The van der Waals surface area contributed by atoms with Crippen LogP contribution in [0.2, 0.25) is 0 Å². The van der Waals surface area contributed by atoms with Crippen molar-refractivity contribution in [2.24, 2.45) is 0 Å². The fourth-order valence-corrected chi connectivity index (χ4v) is 4.06. The van der Waals surface area contributed by atoms with Crippen molar-refractivity contribution in [3.05, 3.63) is 58.5 Å². The second-order valence-electron chi connectivity index (χ2n) is 7.74. The van der Waals surface area contributed by atoms with E-state index in [1.165, 1.54) is 10.8 Å². The molecule has 0 aromatic carbocycles. The lowest BCUT2D eigenvalue weighted by Gasteiger charge is -2.23. The molecule has 0 saturated heterocycles. The Hall–Kier alpha value is -3.22. The van der Waals surface area contributed by atoms with Gasteiger partial charge in [-0.25, -0.2) is 4.57 Å². The summed E-state index contributed by atoms with van der Waals surface area (Å²) in [6, 6.07) is 5.43. The maximum atomic E-state index is 13.2. The van der Waals surface area contributed by atoms with Crippen molar-refractivity contribution in [2.45, 2.75) is 51.6 Å². The quantitative estimate of drug-likeness (QED) is 0.405. The molecule has 0 bridgehead atoms. The lowest BCUT2D eigenvalue weighted by molar-refractivity contribution is -0.648. The molecule has 0 spiro atoms. The number of rotatable bonds is 4. The van der Waals surface area contributed by atoms with Gasteiger partial charge in [0.1, 0.15) is 10.9 Å². The highest BCUT2D eigenvalue weighted by Crippen LogP contribution is 2.19. The topological polar surface area (TPSA) is 93.4 Å². The first kappa shape index (κ1) is 19.1. The molecule has 0 unspecified atom stereocenters. The van der Waals surface area contributed by atoms with E-state index in [0.29, 0.717) is 28.8 Å². The molecular formula is C22H26N5O2+. The molecule has 3 N–H and O–H groups in total. The third-order valence-corrected chi connectivity index (χ3v) is 5.59. The molecule has 7 heteroatoms. The first-order chi connectivity index (χ1) is 14.0. The van der Waals surface area contributed by atoms with Gasteiger partial charge in [-0.3, -0.25) is 14.0 Å². The number of pyridine rings is 2. The second kappa shape index (κ2) is 7.66. The zero-order chi connectivity index (χ0) is 20.5. The molecule has 150 valence electrons. The van der Waals surface area contributed by atoms with Crippen LogP contribution in [0, 0.1) is 6.92 Å². The predicted molar refractivity (Wildman–Crippen MR) is 113 cm³/mol. The maximum Gasteiger partial charge on any atom is 0.278 e. The Kier molecular flexibility index (Phi) is 5.05. The Labute approximate surface area is 168 Å². The van der Waals surface area contributed by atoms with Crippen molar-refractivity contribution < 1.29 is 9.36 Å². The Morgan fingerprint density at radius 3 is 2.86 bits per heavy atom. The normalized spacial score (nSPS) is 14.9. The molecule has 0 aliphatic heterocycles. The SMILES string of the molecule is C=CC[n+]1c(N)c(C(=O)NC2CCCCC2)cc2c(=O)n3cc(C)ccc3nc21. The van der Waals surface area contributed by atoms with Gasteiger partial charge in [0.25, 0.3) is 17.1 Å². The van der Waals surface area contributed by atoms with Gasteiger partial charge in [0.2, 0.25) is 11.5 Å². The molecule has 1 saturated carbocycles. The van der Waals surface area contributed by atoms with E-state index in [2.05, 4.69) is 16.9 Å². The molecular weight excluding hydrogens is 366 g/mol. The van der Waals surface area contributed by atoms with Crippen molar-refractivity contribution in [3.63, 3.8) is 0 Å². The minimum absolute atomic E-state index is 0.151. The number of aromatic nitrogens is 3. The van der Waals surface area contributed by atoms with E-state index in [0.717, 1.165) is 31.2 Å². The highest BCUT2D eigenvalue weighted by Gasteiger charge is 2.25. The van der Waals surface area contributed by atoms with E-state index in [4.69, 9.17) is 5.73 Å². The van der Waals surface area contributed by atoms with Gasteiger partial charge in [0.15, 0.2) is 0 Å². The Morgan fingerprint density at radius 1 is 1.38 bits per heavy atom. The summed E-state index contributed by atoms with van der Waals surface area (Å²) in [5.74, 6) is 0.0388. The molecule has 3 aromatic rings. The van der Waals surface area contributed by atoms with Gasteiger partial charge in [-0.05, 0) is 37.5 Å². The van der Waals surface area contributed by atoms with Crippen LogP contribution in [-0.4, -0.2) is 21.3 Å². The largest absolute Gasteiger partial charge is 0.349 e. The van der Waals surface area contributed by atoms with Crippen LogP contribution < -0.4 is 21.2 Å². The zero-order valence-electron chi connectivity index (χ0n) is 16.6. The number of carbonyl (C=O) groups excluding carboxylic acids is 1.